The Hall–Kier alpha value is -2.17. The zero-order valence-electron chi connectivity index (χ0n) is 15.6. The van der Waals surface area contributed by atoms with Crippen LogP contribution in [0.2, 0.25) is 0 Å². The fourth-order valence-electron chi connectivity index (χ4n) is 4.60. The number of aryl methyl sites for hydroxylation is 1. The first-order valence-electron chi connectivity index (χ1n) is 9.71. The summed E-state index contributed by atoms with van der Waals surface area (Å²) >= 11 is 0. The summed E-state index contributed by atoms with van der Waals surface area (Å²) in [5, 5.41) is 4.93. The van der Waals surface area contributed by atoms with Gasteiger partial charge in [-0.1, -0.05) is 0 Å². The van der Waals surface area contributed by atoms with E-state index < -0.39 is 0 Å². The zero-order chi connectivity index (χ0) is 17.7. The number of nitrogens with zero attached hydrogens (tertiary/aromatic N) is 2. The van der Waals surface area contributed by atoms with Crippen molar-refractivity contribution in [1.29, 1.82) is 0 Å². The highest BCUT2D eigenvalue weighted by Crippen LogP contribution is 2.35. The van der Waals surface area contributed by atoms with E-state index in [1.54, 1.807) is 5.56 Å². The first-order valence-corrected chi connectivity index (χ1v) is 9.71. The molecule has 26 heavy (non-hydrogen) atoms. The van der Waals surface area contributed by atoms with Gasteiger partial charge in [-0.25, -0.2) is 4.98 Å². The number of H-pyrrole nitrogens is 1. The lowest BCUT2D eigenvalue weighted by Crippen LogP contribution is -2.28. The van der Waals surface area contributed by atoms with Gasteiger partial charge >= 0.3 is 0 Å². The number of aromatic amines is 1. The van der Waals surface area contributed by atoms with Crippen LogP contribution in [0.15, 0.2) is 30.6 Å². The fourth-order valence-corrected chi connectivity index (χ4v) is 4.60. The van der Waals surface area contributed by atoms with Crippen molar-refractivity contribution in [1.82, 2.24) is 20.2 Å². The van der Waals surface area contributed by atoms with Crippen molar-refractivity contribution < 1.29 is 0 Å². The third-order valence-corrected chi connectivity index (χ3v) is 6.07. The molecule has 2 aliphatic heterocycles. The first kappa shape index (κ1) is 16.0. The van der Waals surface area contributed by atoms with Crippen molar-refractivity contribution in [2.24, 2.45) is 0 Å². The van der Waals surface area contributed by atoms with Crippen LogP contribution in [0.5, 0.6) is 0 Å². The van der Waals surface area contributed by atoms with E-state index in [-0.39, 0.29) is 0 Å². The molecule has 0 radical (unpaired) electrons. The summed E-state index contributed by atoms with van der Waals surface area (Å²) in [7, 11) is 2.22. The smallest absolute Gasteiger partial charge is 0.137 e. The normalized spacial score (nSPS) is 20.6. The fraction of sp³-hybridized carbons (Fsp3) is 0.409. The number of hydrogen-bond donors (Lipinski definition) is 2. The molecule has 4 nitrogen and oxygen atoms in total. The van der Waals surface area contributed by atoms with Crippen LogP contribution in [-0.2, 0) is 13.0 Å². The third-order valence-electron chi connectivity index (χ3n) is 6.07. The highest BCUT2D eigenvalue weighted by Gasteiger charge is 2.24. The van der Waals surface area contributed by atoms with Crippen LogP contribution in [-0.4, -0.2) is 35.0 Å². The summed E-state index contributed by atoms with van der Waals surface area (Å²) < 4.78 is 0. The molecule has 2 N–H and O–H groups in total. The molecule has 1 fully saturated rings. The van der Waals surface area contributed by atoms with Gasteiger partial charge in [0.1, 0.15) is 5.65 Å². The van der Waals surface area contributed by atoms with E-state index in [1.165, 1.54) is 46.0 Å². The molecule has 4 heterocycles. The molecule has 3 aromatic rings. The van der Waals surface area contributed by atoms with Crippen LogP contribution >= 0.6 is 0 Å². The molecule has 0 amide bonds. The second-order valence-corrected chi connectivity index (χ2v) is 7.93. The van der Waals surface area contributed by atoms with E-state index >= 15 is 0 Å². The summed E-state index contributed by atoms with van der Waals surface area (Å²) in [6, 6.07) is 7.62. The van der Waals surface area contributed by atoms with Crippen molar-refractivity contribution in [3.05, 3.63) is 52.8 Å². The van der Waals surface area contributed by atoms with E-state index in [0.717, 1.165) is 31.7 Å². The Balaban J connectivity index is 1.66. The van der Waals surface area contributed by atoms with Gasteiger partial charge < -0.3 is 15.2 Å². The molecule has 5 rings (SSSR count). The maximum absolute atomic E-state index is 4.65. The van der Waals surface area contributed by atoms with Gasteiger partial charge in [0.15, 0.2) is 0 Å². The van der Waals surface area contributed by atoms with Gasteiger partial charge in [-0.15, -0.1) is 0 Å². The molecule has 134 valence electrons. The third kappa shape index (κ3) is 2.65. The quantitative estimate of drug-likeness (QED) is 0.738. The van der Waals surface area contributed by atoms with Crippen LogP contribution in [0.3, 0.4) is 0 Å². The number of fused-ring (bicyclic) bond motifs is 2. The number of rotatable bonds is 2. The summed E-state index contributed by atoms with van der Waals surface area (Å²) in [5.41, 5.74) is 9.34. The first-order chi connectivity index (χ1) is 12.7. The second kappa shape index (κ2) is 6.22. The lowest BCUT2D eigenvalue weighted by molar-refractivity contribution is 0.311. The van der Waals surface area contributed by atoms with Gasteiger partial charge in [0.2, 0.25) is 0 Å². The minimum Gasteiger partial charge on any atom is -0.346 e. The number of benzene rings is 1. The summed E-state index contributed by atoms with van der Waals surface area (Å²) in [4.78, 5) is 10.3. The summed E-state index contributed by atoms with van der Waals surface area (Å²) in [5.74, 6) is 0. The molecule has 2 aromatic heterocycles. The Bertz CT molecular complexity index is 966. The average molecular weight is 346 g/mol. The van der Waals surface area contributed by atoms with E-state index in [2.05, 4.69) is 52.4 Å². The van der Waals surface area contributed by atoms with Crippen LogP contribution in [0.4, 0.5) is 0 Å². The van der Waals surface area contributed by atoms with Gasteiger partial charge in [0, 0.05) is 42.5 Å². The number of likely N-dealkylation sites (N-methyl/N-ethyl adjacent to an activating group) is 1. The average Bonchev–Trinajstić information content (AvgIpc) is 3.31. The molecule has 1 unspecified atom stereocenters. The van der Waals surface area contributed by atoms with Gasteiger partial charge in [-0.3, -0.25) is 0 Å². The van der Waals surface area contributed by atoms with Gasteiger partial charge in [0.05, 0.1) is 0 Å². The summed E-state index contributed by atoms with van der Waals surface area (Å²) in [6.45, 7) is 5.48. The van der Waals surface area contributed by atoms with Crippen molar-refractivity contribution in [3.63, 3.8) is 0 Å². The van der Waals surface area contributed by atoms with E-state index in [9.17, 15) is 0 Å². The summed E-state index contributed by atoms with van der Waals surface area (Å²) in [6.07, 6.45) is 7.74. The van der Waals surface area contributed by atoms with E-state index in [0.29, 0.717) is 6.04 Å². The molecule has 1 saturated heterocycles. The minimum absolute atomic E-state index is 0.512. The largest absolute Gasteiger partial charge is 0.346 e. The Morgan fingerprint density at radius 3 is 2.96 bits per heavy atom. The van der Waals surface area contributed by atoms with Crippen LogP contribution in [0.25, 0.3) is 22.2 Å². The van der Waals surface area contributed by atoms with Crippen LogP contribution in [0.1, 0.15) is 41.1 Å². The monoisotopic (exact) mass is 346 g/mol. The number of aromatic nitrogens is 2. The molecule has 0 saturated carbocycles. The Morgan fingerprint density at radius 2 is 2.12 bits per heavy atom. The van der Waals surface area contributed by atoms with Crippen molar-refractivity contribution in [3.8, 4) is 11.1 Å². The molecule has 4 heteroatoms. The molecular weight excluding hydrogens is 320 g/mol. The highest BCUT2D eigenvalue weighted by molar-refractivity contribution is 5.84. The SMILES string of the molecule is Cc1c[nH]c2ncc(-c3cc4c(c(C5CCCN5)c3)CCN(C)C4)cc12. The van der Waals surface area contributed by atoms with E-state index in [1.807, 2.05) is 12.4 Å². The maximum atomic E-state index is 4.65. The van der Waals surface area contributed by atoms with Crippen LogP contribution < -0.4 is 5.32 Å². The number of nitrogens with one attached hydrogen (secondary N) is 2. The highest BCUT2D eigenvalue weighted by atomic mass is 15.1. The maximum Gasteiger partial charge on any atom is 0.137 e. The predicted octanol–water partition coefficient (Wildman–Crippen LogP) is 3.95. The topological polar surface area (TPSA) is 44.0 Å². The second-order valence-electron chi connectivity index (χ2n) is 7.93. The number of pyridine rings is 1. The molecule has 2 aliphatic rings. The molecule has 0 aliphatic carbocycles. The van der Waals surface area contributed by atoms with Gasteiger partial charge in [0.25, 0.3) is 0 Å². The van der Waals surface area contributed by atoms with Gasteiger partial charge in [-0.2, -0.15) is 0 Å². The molecule has 0 bridgehead atoms. The van der Waals surface area contributed by atoms with Crippen molar-refractivity contribution in [2.75, 3.05) is 20.1 Å². The zero-order valence-corrected chi connectivity index (χ0v) is 15.6. The van der Waals surface area contributed by atoms with Gasteiger partial charge in [-0.05, 0) is 85.8 Å². The number of hydrogen-bond acceptors (Lipinski definition) is 3. The standard InChI is InChI=1S/C22H26N4/c1-14-11-24-22-19(14)10-16(12-25-22)15-8-17-13-26(2)7-5-18(17)20(9-15)21-4-3-6-23-21/h8-12,21,23H,3-7,13H2,1-2H3,(H,24,25). The Labute approximate surface area is 154 Å². The predicted molar refractivity (Wildman–Crippen MR) is 106 cm³/mol. The lowest BCUT2D eigenvalue weighted by Gasteiger charge is -2.29. The van der Waals surface area contributed by atoms with Crippen LogP contribution in [0, 0.1) is 6.92 Å². The molecule has 1 aromatic carbocycles. The lowest BCUT2D eigenvalue weighted by atomic mass is 9.87. The van der Waals surface area contributed by atoms with E-state index in [4.69, 9.17) is 0 Å². The molecule has 0 spiro atoms. The minimum atomic E-state index is 0.512. The van der Waals surface area contributed by atoms with Crippen molar-refractivity contribution >= 4 is 11.0 Å². The van der Waals surface area contributed by atoms with Crippen molar-refractivity contribution in [2.45, 2.75) is 38.8 Å². The molecular formula is C22H26N4. The Kier molecular flexibility index (Phi) is 3.84. The Morgan fingerprint density at radius 1 is 1.19 bits per heavy atom. The molecule has 1 atom stereocenters.